The van der Waals surface area contributed by atoms with Gasteiger partial charge in [0.2, 0.25) is 5.60 Å². The molecular weight excluding hydrogens is 570 g/mol. The number of rotatable bonds is 5. The van der Waals surface area contributed by atoms with Crippen LogP contribution < -0.4 is 17.2 Å². The zero-order chi connectivity index (χ0) is 31.3. The Balaban J connectivity index is 1.54. The summed E-state index contributed by atoms with van der Waals surface area (Å²) in [6.45, 7) is -0.428. The molecule has 44 heavy (non-hydrogen) atoms. The average molecular weight is 606 g/mol. The molecular formula is C30H35N7O7. The van der Waals surface area contributed by atoms with Crippen molar-refractivity contribution in [2.24, 2.45) is 11.5 Å². The summed E-state index contributed by atoms with van der Waals surface area (Å²) in [5.74, 6) is -2.04. The first-order chi connectivity index (χ1) is 21.2. The topological polar surface area (TPSA) is 220 Å². The Hall–Kier alpha value is -4.58. The fraction of sp³-hybridized carbons (Fsp3) is 0.467. The molecule has 0 bridgehead atoms. The van der Waals surface area contributed by atoms with Crippen molar-refractivity contribution in [3.63, 3.8) is 0 Å². The number of carbonyl (C=O) groups is 3. The molecule has 4 heterocycles. The first-order valence-electron chi connectivity index (χ1n) is 14.5. The first kappa shape index (κ1) is 30.9. The summed E-state index contributed by atoms with van der Waals surface area (Å²) in [4.78, 5) is 43.3. The van der Waals surface area contributed by atoms with Crippen LogP contribution in [0.25, 0.3) is 5.52 Å². The molecule has 2 aliphatic heterocycles. The minimum absolute atomic E-state index is 0.0287. The van der Waals surface area contributed by atoms with Gasteiger partial charge in [-0.3, -0.25) is 14.4 Å². The van der Waals surface area contributed by atoms with Crippen LogP contribution in [0, 0.1) is 11.3 Å². The van der Waals surface area contributed by atoms with Crippen molar-refractivity contribution in [3.05, 3.63) is 60.0 Å². The monoisotopic (exact) mass is 605 g/mol. The predicted molar refractivity (Wildman–Crippen MR) is 154 cm³/mol. The molecule has 0 aliphatic carbocycles. The van der Waals surface area contributed by atoms with Crippen molar-refractivity contribution in [1.29, 1.82) is 5.26 Å². The summed E-state index contributed by atoms with van der Waals surface area (Å²) in [5, 5.41) is 15.0. The second-order valence-corrected chi connectivity index (χ2v) is 11.0. The highest BCUT2D eigenvalue weighted by molar-refractivity contribution is 5.77. The molecule has 0 radical (unpaired) electrons. The van der Waals surface area contributed by atoms with E-state index in [4.69, 9.17) is 36.1 Å². The van der Waals surface area contributed by atoms with E-state index in [0.717, 1.165) is 18.4 Å². The third-order valence-electron chi connectivity index (χ3n) is 7.91. The van der Waals surface area contributed by atoms with E-state index in [9.17, 15) is 19.6 Å². The van der Waals surface area contributed by atoms with Crippen LogP contribution in [0.4, 0.5) is 5.82 Å². The van der Waals surface area contributed by atoms with Crippen LogP contribution in [0.2, 0.25) is 0 Å². The van der Waals surface area contributed by atoms with Crippen LogP contribution in [0.5, 0.6) is 0 Å². The van der Waals surface area contributed by atoms with E-state index in [2.05, 4.69) is 16.2 Å². The van der Waals surface area contributed by atoms with Gasteiger partial charge < -0.3 is 36.1 Å². The molecule has 0 spiro atoms. The molecule has 0 amide bonds. The van der Waals surface area contributed by atoms with E-state index < -0.39 is 60.5 Å². The van der Waals surface area contributed by atoms with Crippen molar-refractivity contribution in [1.82, 2.24) is 14.6 Å². The molecule has 2 saturated heterocycles. The molecule has 0 unspecified atom stereocenters. The van der Waals surface area contributed by atoms with Crippen molar-refractivity contribution in [3.8, 4) is 6.07 Å². The molecule has 2 fully saturated rings. The molecule has 6 atom stereocenters. The maximum Gasteiger partial charge on any atom is 0.323 e. The lowest BCUT2D eigenvalue weighted by molar-refractivity contribution is -0.171. The van der Waals surface area contributed by atoms with Gasteiger partial charge in [-0.25, -0.2) is 9.50 Å². The summed E-state index contributed by atoms with van der Waals surface area (Å²) in [7, 11) is 0. The number of anilines is 1. The number of aromatic nitrogens is 3. The number of fused-ring (bicyclic) bond motifs is 2. The van der Waals surface area contributed by atoms with Crippen LogP contribution in [0.1, 0.15) is 49.8 Å². The summed E-state index contributed by atoms with van der Waals surface area (Å²) in [5.41, 5.74) is 17.5. The van der Waals surface area contributed by atoms with E-state index in [0.29, 0.717) is 31.2 Å². The SMILES string of the molecule is N#C[C@@]1(c2ccc3c(N)ncnn23)O[C@H](COC(=O)Cc2ccccc2)[C@H]2OC(=O)[C@@H](N)CCCCCC[C@H](N)C(=O)O[C@H]21. The molecule has 1 aromatic carbocycles. The summed E-state index contributed by atoms with van der Waals surface area (Å²) >= 11 is 0. The van der Waals surface area contributed by atoms with Gasteiger partial charge in [0.05, 0.1) is 12.1 Å². The highest BCUT2D eigenvalue weighted by atomic mass is 16.7. The van der Waals surface area contributed by atoms with E-state index in [1.165, 1.54) is 16.9 Å². The maximum atomic E-state index is 13.3. The number of hydrogen-bond donors (Lipinski definition) is 3. The van der Waals surface area contributed by atoms with Gasteiger partial charge in [0, 0.05) is 0 Å². The minimum Gasteiger partial charge on any atom is -0.463 e. The maximum absolute atomic E-state index is 13.3. The fourth-order valence-electron chi connectivity index (χ4n) is 5.54. The zero-order valence-corrected chi connectivity index (χ0v) is 24.0. The molecule has 2 aliphatic rings. The van der Waals surface area contributed by atoms with Gasteiger partial charge in [0.1, 0.15) is 42.7 Å². The molecule has 5 rings (SSSR count). The second kappa shape index (κ2) is 13.4. The van der Waals surface area contributed by atoms with Gasteiger partial charge in [-0.1, -0.05) is 56.0 Å². The van der Waals surface area contributed by atoms with Gasteiger partial charge in [-0.15, -0.1) is 0 Å². The van der Waals surface area contributed by atoms with E-state index >= 15 is 0 Å². The number of hydrogen-bond acceptors (Lipinski definition) is 13. The number of ether oxygens (including phenoxy) is 4. The van der Waals surface area contributed by atoms with E-state index in [1.807, 2.05) is 6.07 Å². The van der Waals surface area contributed by atoms with Gasteiger partial charge >= 0.3 is 17.9 Å². The van der Waals surface area contributed by atoms with E-state index in [-0.39, 0.29) is 17.9 Å². The highest BCUT2D eigenvalue weighted by Gasteiger charge is 2.63. The average Bonchev–Trinajstić information content (AvgIpc) is 3.58. The molecule has 14 heteroatoms. The number of nitrogen functional groups attached to an aromatic ring is 1. The second-order valence-electron chi connectivity index (χ2n) is 11.0. The molecule has 2 aromatic heterocycles. The summed E-state index contributed by atoms with van der Waals surface area (Å²) in [6.07, 6.45) is 0.596. The van der Waals surface area contributed by atoms with Crippen molar-refractivity contribution < 1.29 is 33.3 Å². The predicted octanol–water partition coefficient (Wildman–Crippen LogP) is 1.05. The molecule has 0 saturated carbocycles. The van der Waals surface area contributed by atoms with E-state index in [1.54, 1.807) is 30.3 Å². The lowest BCUT2D eigenvalue weighted by atomic mass is 9.91. The van der Waals surface area contributed by atoms with Crippen molar-refractivity contribution in [2.75, 3.05) is 12.3 Å². The first-order valence-corrected chi connectivity index (χ1v) is 14.5. The highest BCUT2D eigenvalue weighted by Crippen LogP contribution is 2.44. The lowest BCUT2D eigenvalue weighted by Crippen LogP contribution is -2.50. The van der Waals surface area contributed by atoms with Gasteiger partial charge in [-0.2, -0.15) is 10.4 Å². The minimum atomic E-state index is -2.09. The van der Waals surface area contributed by atoms with Crippen molar-refractivity contribution >= 4 is 29.2 Å². The van der Waals surface area contributed by atoms with Crippen molar-refractivity contribution in [2.45, 2.75) is 80.9 Å². The van der Waals surface area contributed by atoms with Crippen LogP contribution in [-0.4, -0.2) is 69.5 Å². The number of esters is 3. The Bertz CT molecular complexity index is 1540. The number of nitrogens with two attached hydrogens (primary N) is 3. The van der Waals surface area contributed by atoms with Gasteiger partial charge in [0.15, 0.2) is 18.0 Å². The third-order valence-corrected chi connectivity index (χ3v) is 7.91. The van der Waals surface area contributed by atoms with Gasteiger partial charge in [-0.05, 0) is 30.5 Å². The Morgan fingerprint density at radius 1 is 1.02 bits per heavy atom. The standard InChI is InChI=1S/C30H35N7O7/c31-16-30(23-13-12-21-27(34)35-17-36-37(21)23)26-25(22(44-30)15-41-24(38)14-18-8-4-3-5-9-18)42-28(39)19(32)10-6-1-2-7-11-20(33)29(40)43-26/h3-5,8-9,12-13,17,19-20,22,25-26H,1-2,6-7,10-11,14-15,32-33H2,(H2,34,35,36)/t19-,20-,22+,25+,26+,30-/m0/s1. The van der Waals surface area contributed by atoms with Crippen LogP contribution >= 0.6 is 0 Å². The van der Waals surface area contributed by atoms with Gasteiger partial charge in [0.25, 0.3) is 0 Å². The van der Waals surface area contributed by atoms with Crippen LogP contribution in [0.3, 0.4) is 0 Å². The number of carbonyl (C=O) groups excluding carboxylic acids is 3. The lowest BCUT2D eigenvalue weighted by Gasteiger charge is -2.30. The fourth-order valence-corrected chi connectivity index (χ4v) is 5.54. The largest absolute Gasteiger partial charge is 0.463 e. The normalized spacial score (nSPS) is 28.2. The summed E-state index contributed by atoms with van der Waals surface area (Å²) in [6, 6.07) is 12.2. The Kier molecular flexibility index (Phi) is 9.38. The Morgan fingerprint density at radius 2 is 1.70 bits per heavy atom. The Morgan fingerprint density at radius 3 is 2.39 bits per heavy atom. The quantitative estimate of drug-likeness (QED) is 0.274. The number of nitriles is 1. The smallest absolute Gasteiger partial charge is 0.323 e. The molecule has 14 nitrogen and oxygen atoms in total. The third kappa shape index (κ3) is 6.35. The zero-order valence-electron chi connectivity index (χ0n) is 24.0. The molecule has 232 valence electrons. The number of benzene rings is 1. The Labute approximate surface area is 253 Å². The molecule has 3 aromatic rings. The van der Waals surface area contributed by atoms with Crippen LogP contribution in [0.15, 0.2) is 48.8 Å². The molecule has 6 N–H and O–H groups in total. The van der Waals surface area contributed by atoms with Crippen LogP contribution in [-0.2, 0) is 45.4 Å². The summed E-state index contributed by atoms with van der Waals surface area (Å²) < 4.78 is 24.9. The number of nitrogens with zero attached hydrogens (tertiary/aromatic N) is 4.